The molecule has 0 unspecified atom stereocenters. The van der Waals surface area contributed by atoms with E-state index < -0.39 is 30.1 Å². The summed E-state index contributed by atoms with van der Waals surface area (Å²) in [6.45, 7) is 10.4. The predicted molar refractivity (Wildman–Crippen MR) is 125 cm³/mol. The SMILES string of the molecule is C=C[C@H]1OCCC[C@@H]1O[C@@H](C)C(=O)O[C@H](/C=C/OCc1ccc(OC)cc1)[C@H]1COC(C)(C)O1. The topological polar surface area (TPSA) is 81.7 Å². The summed E-state index contributed by atoms with van der Waals surface area (Å²) in [6.07, 6.45) is 4.14. The second-order valence-corrected chi connectivity index (χ2v) is 8.79. The number of esters is 1. The molecule has 3 rings (SSSR count). The third kappa shape index (κ3) is 7.56. The molecule has 2 saturated heterocycles. The summed E-state index contributed by atoms with van der Waals surface area (Å²) in [6, 6.07) is 7.58. The maximum absolute atomic E-state index is 12.9. The molecule has 2 aliphatic heterocycles. The first-order valence-corrected chi connectivity index (χ1v) is 11.6. The number of hydrogen-bond acceptors (Lipinski definition) is 8. The van der Waals surface area contributed by atoms with Crippen molar-refractivity contribution in [2.45, 2.75) is 76.5 Å². The molecule has 8 nitrogen and oxygen atoms in total. The molecule has 0 N–H and O–H groups in total. The molecule has 0 bridgehead atoms. The molecule has 0 saturated carbocycles. The summed E-state index contributed by atoms with van der Waals surface area (Å²) >= 11 is 0. The molecule has 1 aromatic rings. The number of methoxy groups -OCH3 is 1. The van der Waals surface area contributed by atoms with Crippen LogP contribution in [0.1, 0.15) is 39.2 Å². The lowest BCUT2D eigenvalue weighted by atomic mass is 10.1. The quantitative estimate of drug-likeness (QED) is 0.270. The highest BCUT2D eigenvalue weighted by Crippen LogP contribution is 2.27. The first-order chi connectivity index (χ1) is 16.3. The molecule has 34 heavy (non-hydrogen) atoms. The van der Waals surface area contributed by atoms with E-state index in [2.05, 4.69) is 6.58 Å². The molecule has 2 fully saturated rings. The molecule has 2 aliphatic rings. The fourth-order valence-corrected chi connectivity index (χ4v) is 3.80. The summed E-state index contributed by atoms with van der Waals surface area (Å²) in [4.78, 5) is 12.9. The van der Waals surface area contributed by atoms with Crippen LogP contribution >= 0.6 is 0 Å². The minimum atomic E-state index is -0.777. The van der Waals surface area contributed by atoms with Gasteiger partial charge in [-0.25, -0.2) is 4.79 Å². The first kappa shape index (κ1) is 26.2. The van der Waals surface area contributed by atoms with Gasteiger partial charge < -0.3 is 33.2 Å². The van der Waals surface area contributed by atoms with Crippen LogP contribution in [0, 0.1) is 0 Å². The van der Waals surface area contributed by atoms with E-state index in [1.54, 1.807) is 26.2 Å². The van der Waals surface area contributed by atoms with E-state index in [9.17, 15) is 4.79 Å². The Bertz CT molecular complexity index is 819. The van der Waals surface area contributed by atoms with Gasteiger partial charge in [-0.3, -0.25) is 0 Å². The van der Waals surface area contributed by atoms with Gasteiger partial charge in [0.25, 0.3) is 0 Å². The van der Waals surface area contributed by atoms with Gasteiger partial charge in [-0.2, -0.15) is 0 Å². The zero-order valence-electron chi connectivity index (χ0n) is 20.4. The van der Waals surface area contributed by atoms with Crippen molar-refractivity contribution >= 4 is 5.97 Å². The van der Waals surface area contributed by atoms with Crippen LogP contribution in [0.25, 0.3) is 0 Å². The molecule has 0 aliphatic carbocycles. The summed E-state index contributed by atoms with van der Waals surface area (Å²) < 4.78 is 39.8. The van der Waals surface area contributed by atoms with Crippen LogP contribution in [-0.2, 0) is 39.8 Å². The molecule has 8 heteroatoms. The molecule has 0 radical (unpaired) electrons. The number of hydrogen-bond donors (Lipinski definition) is 0. The van der Waals surface area contributed by atoms with Gasteiger partial charge in [-0.15, -0.1) is 6.58 Å². The third-order valence-corrected chi connectivity index (χ3v) is 5.68. The van der Waals surface area contributed by atoms with Gasteiger partial charge in [0.05, 0.1) is 26.1 Å². The van der Waals surface area contributed by atoms with Crippen LogP contribution in [0.4, 0.5) is 0 Å². The maximum atomic E-state index is 12.9. The zero-order chi connectivity index (χ0) is 24.6. The van der Waals surface area contributed by atoms with Crippen molar-refractivity contribution in [3.63, 3.8) is 0 Å². The van der Waals surface area contributed by atoms with E-state index in [1.807, 2.05) is 38.1 Å². The molecule has 0 spiro atoms. The Morgan fingerprint density at radius 1 is 1.29 bits per heavy atom. The van der Waals surface area contributed by atoms with E-state index >= 15 is 0 Å². The van der Waals surface area contributed by atoms with Crippen molar-refractivity contribution in [1.29, 1.82) is 0 Å². The number of benzene rings is 1. The van der Waals surface area contributed by atoms with Crippen molar-refractivity contribution in [3.8, 4) is 5.75 Å². The van der Waals surface area contributed by atoms with Gasteiger partial charge >= 0.3 is 5.97 Å². The van der Waals surface area contributed by atoms with Gasteiger partial charge in [0.1, 0.15) is 24.6 Å². The molecule has 0 aromatic heterocycles. The molecule has 2 heterocycles. The van der Waals surface area contributed by atoms with E-state index in [4.69, 9.17) is 33.2 Å². The zero-order valence-corrected chi connectivity index (χ0v) is 20.4. The lowest BCUT2D eigenvalue weighted by Gasteiger charge is -2.31. The maximum Gasteiger partial charge on any atom is 0.335 e. The minimum absolute atomic E-state index is 0.236. The molecular formula is C26H36O8. The van der Waals surface area contributed by atoms with Crippen molar-refractivity contribution in [1.82, 2.24) is 0 Å². The van der Waals surface area contributed by atoms with Gasteiger partial charge in [-0.05, 0) is 57.4 Å². The van der Waals surface area contributed by atoms with Gasteiger partial charge in [0, 0.05) is 6.61 Å². The predicted octanol–water partition coefficient (Wildman–Crippen LogP) is 3.93. The monoisotopic (exact) mass is 476 g/mol. The average Bonchev–Trinajstić information content (AvgIpc) is 3.21. The molecular weight excluding hydrogens is 440 g/mol. The summed E-state index contributed by atoms with van der Waals surface area (Å²) in [5, 5.41) is 0. The van der Waals surface area contributed by atoms with Gasteiger partial charge in [-0.1, -0.05) is 18.2 Å². The van der Waals surface area contributed by atoms with E-state index in [0.717, 1.165) is 24.2 Å². The largest absolute Gasteiger partial charge is 0.497 e. The van der Waals surface area contributed by atoms with Crippen LogP contribution in [-0.4, -0.2) is 62.6 Å². The van der Waals surface area contributed by atoms with Crippen molar-refractivity contribution < 1.29 is 38.0 Å². The highest BCUT2D eigenvalue weighted by molar-refractivity contribution is 5.74. The van der Waals surface area contributed by atoms with Crippen LogP contribution in [0.2, 0.25) is 0 Å². The number of carbonyl (C=O) groups is 1. The van der Waals surface area contributed by atoms with E-state index in [0.29, 0.717) is 13.2 Å². The molecule has 1 aromatic carbocycles. The van der Waals surface area contributed by atoms with Crippen LogP contribution in [0.15, 0.2) is 49.3 Å². The van der Waals surface area contributed by atoms with Crippen LogP contribution < -0.4 is 4.74 Å². The smallest absolute Gasteiger partial charge is 0.335 e. The lowest BCUT2D eigenvalue weighted by molar-refractivity contribution is -0.181. The second kappa shape index (κ2) is 12.4. The number of rotatable bonds is 11. The normalized spacial score (nSPS) is 26.1. The highest BCUT2D eigenvalue weighted by atomic mass is 16.8. The lowest BCUT2D eigenvalue weighted by Crippen LogP contribution is -2.41. The number of carbonyl (C=O) groups excluding carboxylic acids is 1. The highest BCUT2D eigenvalue weighted by Gasteiger charge is 2.39. The first-order valence-electron chi connectivity index (χ1n) is 11.6. The average molecular weight is 477 g/mol. The van der Waals surface area contributed by atoms with Crippen molar-refractivity contribution in [3.05, 3.63) is 54.8 Å². The summed E-state index contributed by atoms with van der Waals surface area (Å²) in [5.74, 6) is -0.472. The Hall–Kier alpha value is -2.39. The number of ether oxygens (including phenoxy) is 7. The minimum Gasteiger partial charge on any atom is -0.497 e. The third-order valence-electron chi connectivity index (χ3n) is 5.68. The molecule has 188 valence electrons. The van der Waals surface area contributed by atoms with Crippen LogP contribution in [0.3, 0.4) is 0 Å². The van der Waals surface area contributed by atoms with Gasteiger partial charge in [0.15, 0.2) is 18.0 Å². The Labute approximate surface area is 201 Å². The molecule has 5 atom stereocenters. The van der Waals surface area contributed by atoms with Crippen LogP contribution in [0.5, 0.6) is 5.75 Å². The summed E-state index contributed by atoms with van der Waals surface area (Å²) in [5.41, 5.74) is 0.981. The molecule has 0 amide bonds. The summed E-state index contributed by atoms with van der Waals surface area (Å²) in [7, 11) is 1.62. The Balaban J connectivity index is 1.58. The fourth-order valence-electron chi connectivity index (χ4n) is 3.80. The van der Waals surface area contributed by atoms with E-state index in [-0.39, 0.29) is 18.8 Å². The second-order valence-electron chi connectivity index (χ2n) is 8.79. The standard InChI is InChI=1S/C26H36O8/c1-6-21-22(8-7-14-30-21)32-18(2)25(27)33-23(24-17-31-26(3,4)34-24)13-15-29-16-19-9-11-20(28-5)12-10-19/h6,9-13,15,18,21-24H,1,7-8,14,16-17H2,2-5H3/b15-13+/t18-,21+,22-,23+,24+/m0/s1. The van der Waals surface area contributed by atoms with Crippen molar-refractivity contribution in [2.75, 3.05) is 20.3 Å². The fraction of sp³-hybridized carbons (Fsp3) is 0.577. The Morgan fingerprint density at radius 2 is 2.06 bits per heavy atom. The Morgan fingerprint density at radius 3 is 2.71 bits per heavy atom. The Kier molecular flexibility index (Phi) is 9.53. The van der Waals surface area contributed by atoms with E-state index in [1.165, 1.54) is 6.26 Å². The van der Waals surface area contributed by atoms with Gasteiger partial charge in [0.2, 0.25) is 0 Å². The van der Waals surface area contributed by atoms with Crippen molar-refractivity contribution in [2.24, 2.45) is 0 Å².